The molecule has 1 saturated heterocycles. The van der Waals surface area contributed by atoms with E-state index in [4.69, 9.17) is 4.74 Å². The molecule has 1 aromatic carbocycles. The molecule has 0 bridgehead atoms. The van der Waals surface area contributed by atoms with Crippen molar-refractivity contribution in [3.63, 3.8) is 0 Å². The first-order chi connectivity index (χ1) is 12.5. The minimum Gasteiger partial charge on any atom is -0.456 e. The standard InChI is InChI=1S/C17H18N2O5S2/c1-2-25-8-7-13-16(18-14(20)9-15(18)26-13)17(21)24-10-11-3-5-12(6-4-11)19(22)23/h3-6,15H,2,7-10H2,1H3. The average Bonchev–Trinajstić information content (AvgIpc) is 2.92. The lowest BCUT2D eigenvalue weighted by Crippen LogP contribution is -2.48. The maximum absolute atomic E-state index is 12.6. The lowest BCUT2D eigenvalue weighted by Gasteiger charge is -2.34. The van der Waals surface area contributed by atoms with Gasteiger partial charge in [0.05, 0.1) is 16.7 Å². The van der Waals surface area contributed by atoms with E-state index >= 15 is 0 Å². The summed E-state index contributed by atoms with van der Waals surface area (Å²) in [4.78, 5) is 37.1. The summed E-state index contributed by atoms with van der Waals surface area (Å²) < 4.78 is 5.37. The van der Waals surface area contributed by atoms with Gasteiger partial charge in [-0.25, -0.2) is 4.79 Å². The number of ether oxygens (including phenoxy) is 1. The normalized spacial score (nSPS) is 18.6. The molecular formula is C17H18N2O5S2. The van der Waals surface area contributed by atoms with Crippen molar-refractivity contribution in [3.8, 4) is 0 Å². The van der Waals surface area contributed by atoms with Crippen LogP contribution in [0.1, 0.15) is 25.3 Å². The Balaban J connectivity index is 1.66. The number of amides is 1. The quantitative estimate of drug-likeness (QED) is 0.220. The summed E-state index contributed by atoms with van der Waals surface area (Å²) in [6, 6.07) is 5.85. The number of nitro groups is 1. The number of esters is 1. The number of non-ortho nitro benzene ring substituents is 1. The van der Waals surface area contributed by atoms with Crippen LogP contribution < -0.4 is 0 Å². The third-order valence-electron chi connectivity index (χ3n) is 4.08. The van der Waals surface area contributed by atoms with Gasteiger partial charge in [-0.3, -0.25) is 19.8 Å². The smallest absolute Gasteiger partial charge is 0.356 e. The third-order valence-corrected chi connectivity index (χ3v) is 6.31. The van der Waals surface area contributed by atoms with Crippen molar-refractivity contribution >= 4 is 41.1 Å². The molecule has 1 atom stereocenters. The fourth-order valence-electron chi connectivity index (χ4n) is 2.73. The van der Waals surface area contributed by atoms with Crippen LogP contribution >= 0.6 is 23.5 Å². The summed E-state index contributed by atoms with van der Waals surface area (Å²) in [6.07, 6.45) is 1.19. The number of hydrogen-bond donors (Lipinski definition) is 0. The van der Waals surface area contributed by atoms with E-state index in [0.29, 0.717) is 17.7 Å². The molecule has 2 heterocycles. The lowest BCUT2D eigenvalue weighted by molar-refractivity contribution is -0.384. The highest BCUT2D eigenvalue weighted by molar-refractivity contribution is 8.04. The topological polar surface area (TPSA) is 89.8 Å². The molecule has 0 spiro atoms. The summed E-state index contributed by atoms with van der Waals surface area (Å²) in [6.45, 7) is 2.09. The molecule has 9 heteroatoms. The van der Waals surface area contributed by atoms with Crippen molar-refractivity contribution in [2.45, 2.75) is 31.7 Å². The second kappa shape index (κ2) is 8.13. The highest BCUT2D eigenvalue weighted by Crippen LogP contribution is 2.47. The van der Waals surface area contributed by atoms with Crippen molar-refractivity contribution in [2.24, 2.45) is 0 Å². The Labute approximate surface area is 159 Å². The lowest BCUT2D eigenvalue weighted by atomic mass is 10.1. The molecule has 1 aromatic rings. The number of nitro benzene ring substituents is 1. The Morgan fingerprint density at radius 2 is 2.15 bits per heavy atom. The van der Waals surface area contributed by atoms with Crippen LogP contribution in [-0.4, -0.2) is 38.6 Å². The predicted molar refractivity (Wildman–Crippen MR) is 100 cm³/mol. The van der Waals surface area contributed by atoms with Gasteiger partial charge >= 0.3 is 5.97 Å². The van der Waals surface area contributed by atoms with E-state index in [1.165, 1.54) is 17.0 Å². The van der Waals surface area contributed by atoms with Crippen LogP contribution in [0.3, 0.4) is 0 Å². The zero-order valence-electron chi connectivity index (χ0n) is 14.2. The molecule has 0 saturated carbocycles. The van der Waals surface area contributed by atoms with E-state index in [2.05, 4.69) is 6.92 Å². The van der Waals surface area contributed by atoms with Crippen molar-refractivity contribution in [1.29, 1.82) is 0 Å². The molecule has 0 radical (unpaired) electrons. The summed E-state index contributed by atoms with van der Waals surface area (Å²) in [7, 11) is 0. The van der Waals surface area contributed by atoms with Crippen LogP contribution in [0.5, 0.6) is 0 Å². The van der Waals surface area contributed by atoms with Crippen LogP contribution in [0.15, 0.2) is 34.9 Å². The van der Waals surface area contributed by atoms with Crippen LogP contribution in [0.4, 0.5) is 5.69 Å². The molecule has 0 aliphatic carbocycles. The molecule has 26 heavy (non-hydrogen) atoms. The summed E-state index contributed by atoms with van der Waals surface area (Å²) >= 11 is 3.36. The summed E-state index contributed by atoms with van der Waals surface area (Å²) in [5.74, 6) is 1.34. The zero-order chi connectivity index (χ0) is 18.7. The molecule has 2 aliphatic rings. The maximum atomic E-state index is 12.6. The molecule has 2 aliphatic heterocycles. The second-order valence-corrected chi connectivity index (χ2v) is 8.43. The van der Waals surface area contributed by atoms with E-state index in [9.17, 15) is 19.7 Å². The van der Waals surface area contributed by atoms with Gasteiger partial charge in [0.15, 0.2) is 0 Å². The number of nitrogens with zero attached hydrogens (tertiary/aromatic N) is 2. The molecule has 1 unspecified atom stereocenters. The monoisotopic (exact) mass is 394 g/mol. The number of carbonyl (C=O) groups excluding carboxylic acids is 2. The number of β-lactam (4-membered cyclic amide) rings is 1. The minimum atomic E-state index is -0.511. The number of carbonyl (C=O) groups is 2. The number of allylic oxidation sites excluding steroid dienone is 1. The number of hydrogen-bond acceptors (Lipinski definition) is 7. The Kier molecular flexibility index (Phi) is 5.87. The first-order valence-corrected chi connectivity index (χ1v) is 10.2. The van der Waals surface area contributed by atoms with Gasteiger partial charge in [-0.1, -0.05) is 6.92 Å². The van der Waals surface area contributed by atoms with Gasteiger partial charge in [-0.2, -0.15) is 11.8 Å². The third kappa shape index (κ3) is 3.88. The molecule has 1 fully saturated rings. The Morgan fingerprint density at radius 1 is 1.42 bits per heavy atom. The molecule has 1 amide bonds. The van der Waals surface area contributed by atoms with Crippen LogP contribution in [0.2, 0.25) is 0 Å². The SMILES string of the molecule is CCSCCC1=C(C(=O)OCc2ccc([N+](=O)[O-])cc2)N2C(=O)CC2S1. The molecule has 0 N–H and O–H groups in total. The van der Waals surface area contributed by atoms with Gasteiger partial charge in [-0.05, 0) is 35.6 Å². The largest absolute Gasteiger partial charge is 0.456 e. The Bertz CT molecular complexity index is 763. The van der Waals surface area contributed by atoms with Gasteiger partial charge in [0.2, 0.25) is 5.91 Å². The number of fused-ring (bicyclic) bond motifs is 1. The van der Waals surface area contributed by atoms with Gasteiger partial charge in [0.1, 0.15) is 12.3 Å². The highest BCUT2D eigenvalue weighted by atomic mass is 32.2. The van der Waals surface area contributed by atoms with Gasteiger partial charge in [0.25, 0.3) is 5.69 Å². The second-order valence-electron chi connectivity index (χ2n) is 5.76. The number of thioether (sulfide) groups is 2. The molecule has 7 nitrogen and oxygen atoms in total. The first-order valence-electron chi connectivity index (χ1n) is 8.21. The van der Waals surface area contributed by atoms with Crippen LogP contribution in [0, 0.1) is 10.1 Å². The fourth-order valence-corrected chi connectivity index (χ4v) is 4.90. The van der Waals surface area contributed by atoms with Crippen molar-refractivity contribution < 1.29 is 19.2 Å². The summed E-state index contributed by atoms with van der Waals surface area (Å²) in [5, 5.41) is 10.7. The van der Waals surface area contributed by atoms with E-state index in [1.54, 1.807) is 35.7 Å². The average molecular weight is 394 g/mol. The van der Waals surface area contributed by atoms with E-state index in [-0.39, 0.29) is 23.6 Å². The number of benzene rings is 1. The maximum Gasteiger partial charge on any atom is 0.356 e. The van der Waals surface area contributed by atoms with Crippen LogP contribution in [0.25, 0.3) is 0 Å². The predicted octanol–water partition coefficient (Wildman–Crippen LogP) is 3.30. The van der Waals surface area contributed by atoms with Crippen molar-refractivity contribution in [1.82, 2.24) is 4.90 Å². The summed E-state index contributed by atoms with van der Waals surface area (Å²) in [5.41, 5.74) is 1.01. The van der Waals surface area contributed by atoms with Gasteiger partial charge in [-0.15, -0.1) is 11.8 Å². The Morgan fingerprint density at radius 3 is 2.77 bits per heavy atom. The molecular weight excluding hydrogens is 376 g/mol. The zero-order valence-corrected chi connectivity index (χ0v) is 15.8. The van der Waals surface area contributed by atoms with Crippen molar-refractivity contribution in [3.05, 3.63) is 50.5 Å². The van der Waals surface area contributed by atoms with Gasteiger partial charge < -0.3 is 4.74 Å². The molecule has 3 rings (SSSR count). The van der Waals surface area contributed by atoms with Crippen LogP contribution in [-0.2, 0) is 20.9 Å². The molecule has 0 aromatic heterocycles. The Hall–Kier alpha value is -2.00. The van der Waals surface area contributed by atoms with Crippen molar-refractivity contribution in [2.75, 3.05) is 11.5 Å². The van der Waals surface area contributed by atoms with E-state index in [1.807, 2.05) is 0 Å². The fraction of sp³-hybridized carbons (Fsp3) is 0.412. The minimum absolute atomic E-state index is 0.00861. The highest BCUT2D eigenvalue weighted by Gasteiger charge is 2.48. The van der Waals surface area contributed by atoms with E-state index < -0.39 is 10.9 Å². The van der Waals surface area contributed by atoms with E-state index in [0.717, 1.165) is 22.8 Å². The molecule has 138 valence electrons. The number of rotatable bonds is 8. The first kappa shape index (κ1) is 18.8. The van der Waals surface area contributed by atoms with Gasteiger partial charge in [0, 0.05) is 17.0 Å².